The molecule has 24 heavy (non-hydrogen) atoms. The number of amides is 1. The summed E-state index contributed by atoms with van der Waals surface area (Å²) in [5.74, 6) is 0.641. The fourth-order valence-corrected chi connectivity index (χ4v) is 4.30. The molecule has 1 amide bonds. The Hall–Kier alpha value is -1.40. The third-order valence-corrected chi connectivity index (χ3v) is 5.69. The van der Waals surface area contributed by atoms with Gasteiger partial charge in [0.15, 0.2) is 0 Å². The summed E-state index contributed by atoms with van der Waals surface area (Å²) in [6, 6.07) is 2.36. The molecule has 0 aromatic carbocycles. The Morgan fingerprint density at radius 1 is 1.38 bits per heavy atom. The van der Waals surface area contributed by atoms with Crippen molar-refractivity contribution in [2.45, 2.75) is 47.1 Å². The van der Waals surface area contributed by atoms with E-state index in [2.05, 4.69) is 43.0 Å². The SMILES string of the molecule is CCN(CC)[C@H](CNC(=O)c1cc2c(C)nn(C)c2s1)CC(C)C. The number of nitrogens with one attached hydrogen (secondary N) is 1. The van der Waals surface area contributed by atoms with Crippen molar-refractivity contribution < 1.29 is 4.79 Å². The zero-order chi connectivity index (χ0) is 17.9. The van der Waals surface area contributed by atoms with Crippen molar-refractivity contribution in [1.29, 1.82) is 0 Å². The first kappa shape index (κ1) is 18.9. The van der Waals surface area contributed by atoms with Crippen LogP contribution in [0.4, 0.5) is 0 Å². The van der Waals surface area contributed by atoms with Crippen LogP contribution in [0, 0.1) is 12.8 Å². The molecule has 1 N–H and O–H groups in total. The number of hydrogen-bond donors (Lipinski definition) is 1. The van der Waals surface area contributed by atoms with E-state index >= 15 is 0 Å². The molecule has 0 unspecified atom stereocenters. The molecule has 5 nitrogen and oxygen atoms in total. The largest absolute Gasteiger partial charge is 0.350 e. The number of nitrogens with zero attached hydrogens (tertiary/aromatic N) is 3. The Balaban J connectivity index is 2.07. The normalized spacial score (nSPS) is 13.2. The van der Waals surface area contributed by atoms with E-state index in [0.717, 1.165) is 40.3 Å². The number of aromatic nitrogens is 2. The van der Waals surface area contributed by atoms with Crippen molar-refractivity contribution in [3.63, 3.8) is 0 Å². The highest BCUT2D eigenvalue weighted by Gasteiger charge is 2.20. The lowest BCUT2D eigenvalue weighted by Gasteiger charge is -2.31. The van der Waals surface area contributed by atoms with Gasteiger partial charge in [0, 0.05) is 25.0 Å². The van der Waals surface area contributed by atoms with Crippen LogP contribution in [0.15, 0.2) is 6.07 Å². The zero-order valence-electron chi connectivity index (χ0n) is 15.7. The van der Waals surface area contributed by atoms with Gasteiger partial charge in [0.05, 0.1) is 10.6 Å². The fraction of sp³-hybridized carbons (Fsp3) is 0.667. The molecule has 0 bridgehead atoms. The molecule has 2 heterocycles. The minimum Gasteiger partial charge on any atom is -0.350 e. The van der Waals surface area contributed by atoms with Gasteiger partial charge >= 0.3 is 0 Å². The van der Waals surface area contributed by atoms with E-state index in [1.807, 2.05) is 24.7 Å². The number of carbonyl (C=O) groups excluding carboxylic acids is 1. The van der Waals surface area contributed by atoms with Crippen LogP contribution in [0.2, 0.25) is 0 Å². The maximum absolute atomic E-state index is 12.6. The lowest BCUT2D eigenvalue weighted by Crippen LogP contribution is -2.44. The molecule has 0 fully saturated rings. The summed E-state index contributed by atoms with van der Waals surface area (Å²) in [5.41, 5.74) is 0.976. The van der Waals surface area contributed by atoms with Crippen LogP contribution in [0.1, 0.15) is 49.5 Å². The first-order chi connectivity index (χ1) is 11.4. The van der Waals surface area contributed by atoms with Crippen LogP contribution in [0.25, 0.3) is 10.2 Å². The van der Waals surface area contributed by atoms with Crippen molar-refractivity contribution in [3.8, 4) is 0 Å². The van der Waals surface area contributed by atoms with Crippen molar-refractivity contribution in [1.82, 2.24) is 20.0 Å². The first-order valence-electron chi connectivity index (χ1n) is 8.82. The van der Waals surface area contributed by atoms with Gasteiger partial charge in [0.1, 0.15) is 4.83 Å². The van der Waals surface area contributed by atoms with E-state index in [4.69, 9.17) is 0 Å². The number of likely N-dealkylation sites (N-methyl/N-ethyl adjacent to an activating group) is 1. The van der Waals surface area contributed by atoms with Crippen LogP contribution in [-0.2, 0) is 7.05 Å². The van der Waals surface area contributed by atoms with Crippen LogP contribution in [0.5, 0.6) is 0 Å². The molecule has 0 aliphatic rings. The summed E-state index contributed by atoms with van der Waals surface area (Å²) >= 11 is 1.51. The molecule has 0 radical (unpaired) electrons. The zero-order valence-corrected chi connectivity index (χ0v) is 16.5. The Morgan fingerprint density at radius 2 is 2.04 bits per heavy atom. The highest BCUT2D eigenvalue weighted by Crippen LogP contribution is 2.27. The average Bonchev–Trinajstić information content (AvgIpc) is 3.07. The van der Waals surface area contributed by atoms with E-state index in [0.29, 0.717) is 18.5 Å². The molecule has 0 saturated heterocycles. The quantitative estimate of drug-likeness (QED) is 0.793. The summed E-state index contributed by atoms with van der Waals surface area (Å²) in [5, 5.41) is 8.61. The molecule has 0 spiro atoms. The molecular weight excluding hydrogens is 320 g/mol. The van der Waals surface area contributed by atoms with Gasteiger partial charge in [-0.25, -0.2) is 0 Å². The monoisotopic (exact) mass is 350 g/mol. The van der Waals surface area contributed by atoms with Gasteiger partial charge in [-0.1, -0.05) is 27.7 Å². The summed E-state index contributed by atoms with van der Waals surface area (Å²) in [4.78, 5) is 16.8. The van der Waals surface area contributed by atoms with E-state index in [-0.39, 0.29) is 5.91 Å². The van der Waals surface area contributed by atoms with Crippen LogP contribution >= 0.6 is 11.3 Å². The molecule has 0 saturated carbocycles. The van der Waals surface area contributed by atoms with E-state index in [1.165, 1.54) is 11.3 Å². The smallest absolute Gasteiger partial charge is 0.261 e. The van der Waals surface area contributed by atoms with Crippen molar-refractivity contribution in [2.75, 3.05) is 19.6 Å². The van der Waals surface area contributed by atoms with Gasteiger partial charge < -0.3 is 5.32 Å². The fourth-order valence-electron chi connectivity index (χ4n) is 3.26. The Bertz CT molecular complexity index is 650. The van der Waals surface area contributed by atoms with Gasteiger partial charge in [0.25, 0.3) is 5.91 Å². The molecule has 6 heteroatoms. The second-order valence-corrected chi connectivity index (χ2v) is 7.78. The number of hydrogen-bond acceptors (Lipinski definition) is 4. The number of aryl methyl sites for hydroxylation is 2. The van der Waals surface area contributed by atoms with Gasteiger partial charge in [-0.15, -0.1) is 11.3 Å². The molecule has 2 aromatic heterocycles. The maximum atomic E-state index is 12.6. The number of thiophene rings is 1. The molecule has 0 aliphatic carbocycles. The topological polar surface area (TPSA) is 50.2 Å². The summed E-state index contributed by atoms with van der Waals surface area (Å²) in [6.45, 7) is 13.5. The Morgan fingerprint density at radius 3 is 2.58 bits per heavy atom. The van der Waals surface area contributed by atoms with Gasteiger partial charge in [-0.05, 0) is 38.4 Å². The summed E-state index contributed by atoms with van der Waals surface area (Å²) < 4.78 is 1.85. The second kappa shape index (κ2) is 8.12. The van der Waals surface area contributed by atoms with Gasteiger partial charge in [-0.3, -0.25) is 14.4 Å². The third-order valence-electron chi connectivity index (χ3n) is 4.49. The van der Waals surface area contributed by atoms with E-state index in [9.17, 15) is 4.79 Å². The van der Waals surface area contributed by atoms with Crippen molar-refractivity contribution in [2.24, 2.45) is 13.0 Å². The van der Waals surface area contributed by atoms with Crippen LogP contribution in [-0.4, -0.2) is 46.3 Å². The van der Waals surface area contributed by atoms with Crippen LogP contribution < -0.4 is 5.32 Å². The highest BCUT2D eigenvalue weighted by atomic mass is 32.1. The Kier molecular flexibility index (Phi) is 6.40. The summed E-state index contributed by atoms with van der Waals surface area (Å²) in [6.07, 6.45) is 1.09. The Labute approximate surface area is 149 Å². The first-order valence-corrected chi connectivity index (χ1v) is 9.64. The number of rotatable bonds is 8. The van der Waals surface area contributed by atoms with E-state index in [1.54, 1.807) is 0 Å². The van der Waals surface area contributed by atoms with Crippen LogP contribution in [0.3, 0.4) is 0 Å². The lowest BCUT2D eigenvalue weighted by molar-refractivity contribution is 0.0933. The van der Waals surface area contributed by atoms with E-state index < -0.39 is 0 Å². The minimum atomic E-state index is 0.0245. The highest BCUT2D eigenvalue weighted by molar-refractivity contribution is 7.20. The molecule has 1 atom stereocenters. The average molecular weight is 351 g/mol. The molecule has 0 aliphatic heterocycles. The molecule has 2 rings (SSSR count). The predicted octanol–water partition coefficient (Wildman–Crippen LogP) is 3.43. The standard InChI is InChI=1S/C18H30N4OS/c1-7-22(8-2)14(9-12(3)4)11-19-17(23)16-10-15-13(5)20-21(6)18(15)24-16/h10,12,14H,7-9,11H2,1-6H3,(H,19,23)/t14-/m0/s1. The molecule has 2 aromatic rings. The minimum absolute atomic E-state index is 0.0245. The predicted molar refractivity (Wildman–Crippen MR) is 102 cm³/mol. The summed E-state index contributed by atoms with van der Waals surface area (Å²) in [7, 11) is 1.92. The molecule has 134 valence electrons. The lowest BCUT2D eigenvalue weighted by atomic mass is 10.0. The van der Waals surface area contributed by atoms with Crippen molar-refractivity contribution in [3.05, 3.63) is 16.6 Å². The number of carbonyl (C=O) groups is 1. The van der Waals surface area contributed by atoms with Gasteiger partial charge in [0.2, 0.25) is 0 Å². The molecular formula is C18H30N4OS. The van der Waals surface area contributed by atoms with Gasteiger partial charge in [-0.2, -0.15) is 5.10 Å². The maximum Gasteiger partial charge on any atom is 0.261 e. The van der Waals surface area contributed by atoms with Crippen molar-refractivity contribution >= 4 is 27.5 Å². The second-order valence-electron chi connectivity index (χ2n) is 6.75. The number of fused-ring (bicyclic) bond motifs is 1. The third kappa shape index (κ3) is 4.16.